The van der Waals surface area contributed by atoms with Gasteiger partial charge in [-0.2, -0.15) is 13.2 Å². The highest BCUT2D eigenvalue weighted by atomic mass is 32.2. The molecule has 188 valence electrons. The lowest BCUT2D eigenvalue weighted by molar-refractivity contribution is -0.181. The highest BCUT2D eigenvalue weighted by Gasteiger charge is 2.49. The molecule has 0 radical (unpaired) electrons. The predicted molar refractivity (Wildman–Crippen MR) is 126 cm³/mol. The van der Waals surface area contributed by atoms with Gasteiger partial charge in [-0.25, -0.2) is 12.8 Å². The molecule has 3 aromatic rings. The third-order valence-electron chi connectivity index (χ3n) is 5.75. The molecule has 0 bridgehead atoms. The topological polar surface area (TPSA) is 88.2 Å². The van der Waals surface area contributed by atoms with Gasteiger partial charge in [0.25, 0.3) is 5.91 Å². The smallest absolute Gasteiger partial charge is 0.345 e. The van der Waals surface area contributed by atoms with Gasteiger partial charge in [-0.15, -0.1) is 0 Å². The number of hydrogen-bond acceptors (Lipinski definition) is 4. The number of carbonyl (C=O) groups excluding carboxylic acids is 1. The minimum atomic E-state index is -4.48. The Morgan fingerprint density at radius 3 is 2.31 bits per heavy atom. The molecule has 0 aliphatic carbocycles. The maximum Gasteiger partial charge on any atom is 0.399 e. The molecule has 0 fully saturated rings. The number of amides is 1. The Kier molecular flexibility index (Phi) is 6.86. The molecule has 3 rings (SSSR count). The molecule has 0 aliphatic heterocycles. The summed E-state index contributed by atoms with van der Waals surface area (Å²) in [7, 11) is -3.59. The number of nitrogens with zero attached hydrogens (tertiary/aromatic N) is 1. The number of nitrogens with one attached hydrogen (secondary N) is 2. The van der Waals surface area contributed by atoms with Crippen molar-refractivity contribution in [3.63, 3.8) is 0 Å². The summed E-state index contributed by atoms with van der Waals surface area (Å²) in [5.41, 5.74) is -1.01. The Balaban J connectivity index is 1.83. The van der Waals surface area contributed by atoms with Gasteiger partial charge in [0.15, 0.2) is 0 Å². The molecule has 0 saturated carbocycles. The van der Waals surface area contributed by atoms with Crippen molar-refractivity contribution in [3.05, 3.63) is 70.7 Å². The fraction of sp³-hybridized carbons (Fsp3) is 0.333. The second-order valence-electron chi connectivity index (χ2n) is 8.98. The van der Waals surface area contributed by atoms with E-state index in [1.807, 2.05) is 0 Å². The van der Waals surface area contributed by atoms with Crippen LogP contribution in [0.25, 0.3) is 10.9 Å². The zero-order valence-electron chi connectivity index (χ0n) is 19.7. The van der Waals surface area contributed by atoms with Gasteiger partial charge in [0.1, 0.15) is 11.2 Å². The minimum absolute atomic E-state index is 0.0994. The number of sulfonamides is 1. The van der Waals surface area contributed by atoms with Crippen molar-refractivity contribution >= 4 is 32.5 Å². The van der Waals surface area contributed by atoms with Gasteiger partial charge in [-0.1, -0.05) is 6.07 Å². The van der Waals surface area contributed by atoms with Crippen molar-refractivity contribution in [1.82, 2.24) is 10.3 Å². The highest BCUT2D eigenvalue weighted by molar-refractivity contribution is 7.92. The van der Waals surface area contributed by atoms with E-state index in [0.717, 1.165) is 26.2 Å². The number of alkyl halides is 3. The molecule has 2 N–H and O–H groups in total. The third-order valence-corrected chi connectivity index (χ3v) is 6.34. The molecule has 11 heteroatoms. The molecular weight excluding hydrogens is 486 g/mol. The maximum atomic E-state index is 14.7. The van der Waals surface area contributed by atoms with E-state index in [9.17, 15) is 30.8 Å². The average molecular weight is 512 g/mol. The quantitative estimate of drug-likeness (QED) is 0.435. The van der Waals surface area contributed by atoms with E-state index in [0.29, 0.717) is 16.5 Å². The summed E-state index contributed by atoms with van der Waals surface area (Å²) >= 11 is 0. The number of rotatable bonds is 6. The first-order valence-corrected chi connectivity index (χ1v) is 12.5. The van der Waals surface area contributed by atoms with Crippen molar-refractivity contribution in [1.29, 1.82) is 0 Å². The molecule has 1 amide bonds. The Labute approximate surface area is 200 Å². The van der Waals surface area contributed by atoms with Crippen LogP contribution in [0.5, 0.6) is 0 Å². The zero-order chi connectivity index (χ0) is 26.3. The van der Waals surface area contributed by atoms with Crippen LogP contribution in [0.4, 0.5) is 23.2 Å². The molecular formula is C24H25F4N3O3S. The number of halogens is 4. The van der Waals surface area contributed by atoms with E-state index >= 15 is 0 Å². The fourth-order valence-electron chi connectivity index (χ4n) is 3.46. The van der Waals surface area contributed by atoms with Crippen LogP contribution in [0, 0.1) is 12.7 Å². The summed E-state index contributed by atoms with van der Waals surface area (Å²) in [5.74, 6) is -1.22. The minimum Gasteiger partial charge on any atom is -0.345 e. The number of fused-ring (bicyclic) bond motifs is 1. The number of pyridine rings is 1. The van der Waals surface area contributed by atoms with E-state index in [2.05, 4.69) is 15.0 Å². The Hall–Kier alpha value is -3.21. The fourth-order valence-corrected chi connectivity index (χ4v) is 4.08. The zero-order valence-corrected chi connectivity index (χ0v) is 20.5. The lowest BCUT2D eigenvalue weighted by Crippen LogP contribution is -2.37. The summed E-state index contributed by atoms with van der Waals surface area (Å²) < 4.78 is 79.8. The SMILES string of the molecule is Cc1cc(C(C)NC(=O)c2ccc3nc(C(C)(C)C(F)(F)F)ccc3c2)c(F)cc1NS(C)(=O)=O. The van der Waals surface area contributed by atoms with Crippen molar-refractivity contribution in [2.45, 2.75) is 45.3 Å². The third kappa shape index (κ3) is 5.72. The van der Waals surface area contributed by atoms with Crippen LogP contribution in [0.3, 0.4) is 0 Å². The summed E-state index contributed by atoms with van der Waals surface area (Å²) in [5, 5.41) is 3.16. The van der Waals surface area contributed by atoms with Crippen LogP contribution in [0.1, 0.15) is 54.0 Å². The molecule has 1 aromatic heterocycles. The number of carbonyl (C=O) groups is 1. The number of aryl methyl sites for hydroxylation is 1. The van der Waals surface area contributed by atoms with Gasteiger partial charge < -0.3 is 5.32 Å². The van der Waals surface area contributed by atoms with E-state index in [1.165, 1.54) is 36.4 Å². The number of anilines is 1. The highest BCUT2D eigenvalue weighted by Crippen LogP contribution is 2.40. The molecule has 1 heterocycles. The van der Waals surface area contributed by atoms with Gasteiger partial charge in [-0.3, -0.25) is 14.5 Å². The summed E-state index contributed by atoms with van der Waals surface area (Å²) in [6.45, 7) is 5.28. The standard InChI is InChI=1S/C24H25F4N3O3S/c1-13-10-17(18(25)12-20(13)31-35(5,33)34)14(2)29-22(32)16-6-8-19-15(11-16)7-9-21(30-19)23(3,4)24(26,27)28/h6-12,14,31H,1-5H3,(H,29,32). The predicted octanol–water partition coefficient (Wildman–Crippen LogP) is 5.38. The molecule has 2 aromatic carbocycles. The summed E-state index contributed by atoms with van der Waals surface area (Å²) in [6.07, 6.45) is -3.52. The molecule has 0 saturated heterocycles. The van der Waals surface area contributed by atoms with Crippen LogP contribution in [0.2, 0.25) is 0 Å². The van der Waals surface area contributed by atoms with E-state index in [4.69, 9.17) is 0 Å². The molecule has 35 heavy (non-hydrogen) atoms. The van der Waals surface area contributed by atoms with Crippen molar-refractivity contribution in [2.75, 3.05) is 11.0 Å². The average Bonchev–Trinajstić information content (AvgIpc) is 2.73. The van der Waals surface area contributed by atoms with Crippen LogP contribution < -0.4 is 10.0 Å². The molecule has 0 spiro atoms. The largest absolute Gasteiger partial charge is 0.399 e. The second kappa shape index (κ2) is 9.10. The monoisotopic (exact) mass is 511 g/mol. The lowest BCUT2D eigenvalue weighted by Gasteiger charge is -2.27. The van der Waals surface area contributed by atoms with Crippen molar-refractivity contribution in [2.24, 2.45) is 0 Å². The molecule has 0 aliphatic rings. The first-order chi connectivity index (χ1) is 16.0. The van der Waals surface area contributed by atoms with Crippen molar-refractivity contribution < 1.29 is 30.8 Å². The van der Waals surface area contributed by atoms with Crippen LogP contribution >= 0.6 is 0 Å². The first-order valence-electron chi connectivity index (χ1n) is 10.6. The second-order valence-corrected chi connectivity index (χ2v) is 10.7. The lowest BCUT2D eigenvalue weighted by atomic mass is 9.87. The van der Waals surface area contributed by atoms with Gasteiger partial charge in [-0.05, 0) is 69.7 Å². The Morgan fingerprint density at radius 1 is 1.06 bits per heavy atom. The van der Waals surface area contributed by atoms with Gasteiger partial charge in [0.2, 0.25) is 10.0 Å². The molecule has 1 atom stereocenters. The van der Waals surface area contributed by atoms with Gasteiger partial charge in [0, 0.05) is 16.5 Å². The Morgan fingerprint density at radius 2 is 1.71 bits per heavy atom. The van der Waals surface area contributed by atoms with E-state index < -0.39 is 39.4 Å². The maximum absolute atomic E-state index is 14.7. The van der Waals surface area contributed by atoms with Crippen LogP contribution in [-0.4, -0.2) is 31.7 Å². The van der Waals surface area contributed by atoms with E-state index in [-0.39, 0.29) is 22.5 Å². The number of aromatic nitrogens is 1. The number of hydrogen-bond donors (Lipinski definition) is 2. The normalized spacial score (nSPS) is 13.5. The van der Waals surface area contributed by atoms with Gasteiger partial charge in [0.05, 0.1) is 29.2 Å². The van der Waals surface area contributed by atoms with Crippen molar-refractivity contribution in [3.8, 4) is 0 Å². The van der Waals surface area contributed by atoms with E-state index in [1.54, 1.807) is 13.8 Å². The first kappa shape index (κ1) is 26.4. The number of benzene rings is 2. The van der Waals surface area contributed by atoms with Crippen LogP contribution in [0.15, 0.2) is 42.5 Å². The summed E-state index contributed by atoms with van der Waals surface area (Å²) in [4.78, 5) is 16.9. The molecule has 1 unspecified atom stereocenters. The van der Waals surface area contributed by atoms with Gasteiger partial charge >= 0.3 is 6.18 Å². The summed E-state index contributed by atoms with van der Waals surface area (Å²) in [6, 6.07) is 8.89. The molecule has 6 nitrogen and oxygen atoms in total. The van der Waals surface area contributed by atoms with Crippen LogP contribution in [-0.2, 0) is 15.4 Å². The Bertz CT molecular complexity index is 1400.